The van der Waals surface area contributed by atoms with Gasteiger partial charge in [0.2, 0.25) is 5.95 Å². The van der Waals surface area contributed by atoms with E-state index in [1.807, 2.05) is 6.07 Å². The van der Waals surface area contributed by atoms with Gasteiger partial charge in [0, 0.05) is 24.6 Å². The SMILES string of the molecule is CCCCCNC(=O)c1cnc(Nc2c(C)cccc2CC)nc1. The molecule has 0 spiro atoms. The van der Waals surface area contributed by atoms with Crippen LogP contribution in [0.5, 0.6) is 0 Å². The van der Waals surface area contributed by atoms with Gasteiger partial charge in [0.1, 0.15) is 0 Å². The number of rotatable bonds is 8. The van der Waals surface area contributed by atoms with E-state index in [0.29, 0.717) is 18.1 Å². The minimum atomic E-state index is -0.122. The summed E-state index contributed by atoms with van der Waals surface area (Å²) in [5.74, 6) is 0.379. The van der Waals surface area contributed by atoms with Crippen molar-refractivity contribution in [1.82, 2.24) is 15.3 Å². The van der Waals surface area contributed by atoms with E-state index in [0.717, 1.165) is 36.9 Å². The third-order valence-electron chi connectivity index (χ3n) is 3.96. The molecule has 5 heteroatoms. The maximum Gasteiger partial charge on any atom is 0.254 e. The third kappa shape index (κ3) is 4.78. The summed E-state index contributed by atoms with van der Waals surface area (Å²) in [6.07, 6.45) is 7.31. The number of hydrogen-bond acceptors (Lipinski definition) is 4. The van der Waals surface area contributed by atoms with Gasteiger partial charge in [0.05, 0.1) is 5.56 Å². The summed E-state index contributed by atoms with van der Waals surface area (Å²) in [4.78, 5) is 20.6. The molecule has 128 valence electrons. The van der Waals surface area contributed by atoms with Crippen LogP contribution in [0.15, 0.2) is 30.6 Å². The molecular formula is C19H26N4O. The van der Waals surface area contributed by atoms with Crippen LogP contribution >= 0.6 is 0 Å². The van der Waals surface area contributed by atoms with Crippen LogP contribution < -0.4 is 10.6 Å². The fraction of sp³-hybridized carbons (Fsp3) is 0.421. The molecule has 0 aliphatic heterocycles. The molecule has 0 aliphatic carbocycles. The number of amides is 1. The van der Waals surface area contributed by atoms with Crippen LogP contribution in [0.3, 0.4) is 0 Å². The Morgan fingerprint density at radius 3 is 2.54 bits per heavy atom. The molecule has 0 unspecified atom stereocenters. The van der Waals surface area contributed by atoms with Crippen LogP contribution in [0.1, 0.15) is 54.6 Å². The van der Waals surface area contributed by atoms with Gasteiger partial charge in [-0.3, -0.25) is 4.79 Å². The summed E-state index contributed by atoms with van der Waals surface area (Å²) in [7, 11) is 0. The van der Waals surface area contributed by atoms with E-state index in [1.54, 1.807) is 12.4 Å². The number of benzene rings is 1. The van der Waals surface area contributed by atoms with Gasteiger partial charge in [-0.15, -0.1) is 0 Å². The van der Waals surface area contributed by atoms with Crippen molar-refractivity contribution in [2.45, 2.75) is 46.5 Å². The standard InChI is InChI=1S/C19H26N4O/c1-4-6-7-11-20-18(24)16-12-21-19(22-13-16)23-17-14(3)9-8-10-15(17)5-2/h8-10,12-13H,4-7,11H2,1-3H3,(H,20,24)(H,21,22,23). The van der Waals surface area contributed by atoms with Crippen LogP contribution in [0.2, 0.25) is 0 Å². The molecule has 0 fully saturated rings. The lowest BCUT2D eigenvalue weighted by Crippen LogP contribution is -2.24. The maximum absolute atomic E-state index is 12.0. The normalized spacial score (nSPS) is 10.5. The van der Waals surface area contributed by atoms with Crippen LogP contribution in [-0.2, 0) is 6.42 Å². The average molecular weight is 326 g/mol. The molecule has 0 aliphatic rings. The van der Waals surface area contributed by atoms with Crippen molar-refractivity contribution in [1.29, 1.82) is 0 Å². The predicted octanol–water partition coefficient (Wildman–Crippen LogP) is 4.01. The molecule has 24 heavy (non-hydrogen) atoms. The molecule has 5 nitrogen and oxygen atoms in total. The Bertz CT molecular complexity index is 668. The lowest BCUT2D eigenvalue weighted by Gasteiger charge is -2.12. The number of aromatic nitrogens is 2. The van der Waals surface area contributed by atoms with Gasteiger partial charge >= 0.3 is 0 Å². The molecule has 2 rings (SSSR count). The van der Waals surface area contributed by atoms with E-state index in [-0.39, 0.29) is 5.91 Å². The maximum atomic E-state index is 12.0. The highest BCUT2D eigenvalue weighted by molar-refractivity contribution is 5.93. The zero-order valence-corrected chi connectivity index (χ0v) is 14.7. The fourth-order valence-corrected chi connectivity index (χ4v) is 2.50. The van der Waals surface area contributed by atoms with Crippen molar-refractivity contribution in [2.24, 2.45) is 0 Å². The summed E-state index contributed by atoms with van der Waals surface area (Å²) in [5, 5.41) is 6.15. The van der Waals surface area contributed by atoms with Crippen molar-refractivity contribution < 1.29 is 4.79 Å². The molecule has 1 amide bonds. The molecule has 0 saturated carbocycles. The molecule has 2 N–H and O–H groups in total. The van der Waals surface area contributed by atoms with E-state index in [2.05, 4.69) is 53.5 Å². The Morgan fingerprint density at radius 1 is 1.12 bits per heavy atom. The lowest BCUT2D eigenvalue weighted by atomic mass is 10.1. The van der Waals surface area contributed by atoms with Crippen LogP contribution in [-0.4, -0.2) is 22.4 Å². The first-order chi connectivity index (χ1) is 11.7. The second-order valence-corrected chi connectivity index (χ2v) is 5.85. The Morgan fingerprint density at radius 2 is 1.88 bits per heavy atom. The number of hydrogen-bond donors (Lipinski definition) is 2. The lowest BCUT2D eigenvalue weighted by molar-refractivity contribution is 0.0952. The first-order valence-corrected chi connectivity index (χ1v) is 8.61. The van der Waals surface area contributed by atoms with E-state index in [1.165, 1.54) is 5.56 Å². The van der Waals surface area contributed by atoms with E-state index < -0.39 is 0 Å². The number of carbonyl (C=O) groups is 1. The van der Waals surface area contributed by atoms with Crippen LogP contribution in [0, 0.1) is 6.92 Å². The minimum absolute atomic E-state index is 0.122. The van der Waals surface area contributed by atoms with Gasteiger partial charge < -0.3 is 10.6 Å². The molecule has 1 aromatic carbocycles. The first kappa shape index (κ1) is 17.9. The van der Waals surface area contributed by atoms with Gasteiger partial charge in [-0.2, -0.15) is 0 Å². The van der Waals surface area contributed by atoms with Crippen molar-refractivity contribution in [3.8, 4) is 0 Å². The quantitative estimate of drug-likeness (QED) is 0.719. The summed E-state index contributed by atoms with van der Waals surface area (Å²) >= 11 is 0. The van der Waals surface area contributed by atoms with E-state index in [4.69, 9.17) is 0 Å². The number of carbonyl (C=O) groups excluding carboxylic acids is 1. The van der Waals surface area contributed by atoms with Crippen molar-refractivity contribution >= 4 is 17.5 Å². The van der Waals surface area contributed by atoms with Crippen LogP contribution in [0.25, 0.3) is 0 Å². The highest BCUT2D eigenvalue weighted by atomic mass is 16.1. The smallest absolute Gasteiger partial charge is 0.254 e. The highest BCUT2D eigenvalue weighted by Crippen LogP contribution is 2.23. The molecule has 0 saturated heterocycles. The number of unbranched alkanes of at least 4 members (excludes halogenated alkanes) is 2. The molecule has 0 bridgehead atoms. The van der Waals surface area contributed by atoms with Crippen LogP contribution in [0.4, 0.5) is 11.6 Å². The third-order valence-corrected chi connectivity index (χ3v) is 3.96. The molecular weight excluding hydrogens is 300 g/mol. The summed E-state index contributed by atoms with van der Waals surface area (Å²) < 4.78 is 0. The second-order valence-electron chi connectivity index (χ2n) is 5.85. The van der Waals surface area contributed by atoms with Crippen molar-refractivity contribution in [2.75, 3.05) is 11.9 Å². The average Bonchev–Trinajstić information content (AvgIpc) is 2.61. The first-order valence-electron chi connectivity index (χ1n) is 8.61. The topological polar surface area (TPSA) is 66.9 Å². The van der Waals surface area contributed by atoms with Gasteiger partial charge in [0.15, 0.2) is 0 Å². The number of anilines is 2. The summed E-state index contributed by atoms with van der Waals surface area (Å²) in [6, 6.07) is 6.19. The van der Waals surface area contributed by atoms with Gasteiger partial charge in [0.25, 0.3) is 5.91 Å². The molecule has 1 heterocycles. The number of aryl methyl sites for hydroxylation is 2. The summed E-state index contributed by atoms with van der Waals surface area (Å²) in [5.41, 5.74) is 3.89. The van der Waals surface area contributed by atoms with Gasteiger partial charge in [-0.25, -0.2) is 9.97 Å². The Balaban J connectivity index is 2.01. The fourth-order valence-electron chi connectivity index (χ4n) is 2.50. The monoisotopic (exact) mass is 326 g/mol. The Labute approximate surface area is 143 Å². The minimum Gasteiger partial charge on any atom is -0.352 e. The van der Waals surface area contributed by atoms with Crippen molar-refractivity contribution in [3.63, 3.8) is 0 Å². The number of para-hydroxylation sites is 1. The zero-order valence-electron chi connectivity index (χ0n) is 14.7. The number of nitrogens with one attached hydrogen (secondary N) is 2. The molecule has 0 atom stereocenters. The zero-order chi connectivity index (χ0) is 17.4. The molecule has 1 aromatic heterocycles. The number of nitrogens with zero attached hydrogens (tertiary/aromatic N) is 2. The largest absolute Gasteiger partial charge is 0.352 e. The van der Waals surface area contributed by atoms with E-state index in [9.17, 15) is 4.79 Å². The second kappa shape index (κ2) is 9.01. The highest BCUT2D eigenvalue weighted by Gasteiger charge is 2.09. The predicted molar refractivity (Wildman–Crippen MR) is 97.7 cm³/mol. The molecule has 2 aromatic rings. The van der Waals surface area contributed by atoms with Gasteiger partial charge in [-0.05, 0) is 30.9 Å². The van der Waals surface area contributed by atoms with Crippen molar-refractivity contribution in [3.05, 3.63) is 47.3 Å². The Hall–Kier alpha value is -2.43. The van der Waals surface area contributed by atoms with Gasteiger partial charge in [-0.1, -0.05) is 44.9 Å². The van der Waals surface area contributed by atoms with E-state index >= 15 is 0 Å². The summed E-state index contributed by atoms with van der Waals surface area (Å²) in [6.45, 7) is 7.00. The Kier molecular flexibility index (Phi) is 6.73. The molecule has 0 radical (unpaired) electrons.